The monoisotopic (exact) mass is 285 g/mol. The SMILES string of the molecule is Cn1nc(Cn2cc(CCC(=O)O)nn2)c2ccccc21. The lowest BCUT2D eigenvalue weighted by Crippen LogP contribution is -2.02. The van der Waals surface area contributed by atoms with Gasteiger partial charge in [0.25, 0.3) is 0 Å². The number of hydrogen-bond donors (Lipinski definition) is 1. The first-order valence-electron chi connectivity index (χ1n) is 6.65. The van der Waals surface area contributed by atoms with Gasteiger partial charge in [0.15, 0.2) is 0 Å². The fourth-order valence-electron chi connectivity index (χ4n) is 2.32. The van der Waals surface area contributed by atoms with E-state index in [1.807, 2.05) is 36.0 Å². The quantitative estimate of drug-likeness (QED) is 0.762. The van der Waals surface area contributed by atoms with E-state index < -0.39 is 5.97 Å². The van der Waals surface area contributed by atoms with Gasteiger partial charge in [-0.15, -0.1) is 5.10 Å². The molecule has 3 aromatic rings. The maximum absolute atomic E-state index is 10.6. The number of fused-ring (bicyclic) bond motifs is 1. The van der Waals surface area contributed by atoms with Gasteiger partial charge in [0, 0.05) is 25.1 Å². The molecule has 108 valence electrons. The summed E-state index contributed by atoms with van der Waals surface area (Å²) in [7, 11) is 1.91. The Kier molecular flexibility index (Phi) is 3.39. The summed E-state index contributed by atoms with van der Waals surface area (Å²) in [5.74, 6) is -0.833. The molecule has 0 radical (unpaired) electrons. The molecule has 2 aromatic heterocycles. The van der Waals surface area contributed by atoms with Gasteiger partial charge in [0.05, 0.1) is 29.9 Å². The number of carboxylic acids is 1. The van der Waals surface area contributed by atoms with Crippen LogP contribution in [-0.2, 0) is 24.8 Å². The predicted molar refractivity (Wildman–Crippen MR) is 75.8 cm³/mol. The van der Waals surface area contributed by atoms with Crippen LogP contribution in [0.1, 0.15) is 17.8 Å². The molecule has 0 unspecified atom stereocenters. The lowest BCUT2D eigenvalue weighted by Gasteiger charge is -1.96. The molecule has 7 nitrogen and oxygen atoms in total. The second kappa shape index (κ2) is 5.35. The first kappa shape index (κ1) is 13.3. The molecule has 2 heterocycles. The van der Waals surface area contributed by atoms with Crippen LogP contribution in [0.3, 0.4) is 0 Å². The normalized spacial score (nSPS) is 11.1. The van der Waals surface area contributed by atoms with Crippen LogP contribution in [0.2, 0.25) is 0 Å². The van der Waals surface area contributed by atoms with Gasteiger partial charge in [-0.1, -0.05) is 23.4 Å². The van der Waals surface area contributed by atoms with Crippen molar-refractivity contribution in [1.29, 1.82) is 0 Å². The van der Waals surface area contributed by atoms with E-state index in [1.54, 1.807) is 10.9 Å². The van der Waals surface area contributed by atoms with E-state index in [-0.39, 0.29) is 6.42 Å². The third kappa shape index (κ3) is 2.76. The van der Waals surface area contributed by atoms with E-state index in [9.17, 15) is 4.79 Å². The molecule has 1 N–H and O–H groups in total. The Balaban J connectivity index is 1.81. The molecule has 0 saturated carbocycles. The fraction of sp³-hybridized carbons (Fsp3) is 0.286. The summed E-state index contributed by atoms with van der Waals surface area (Å²) in [6.45, 7) is 0.515. The fourth-order valence-corrected chi connectivity index (χ4v) is 2.32. The molecule has 21 heavy (non-hydrogen) atoms. The molecule has 0 fully saturated rings. The Morgan fingerprint density at radius 2 is 2.14 bits per heavy atom. The number of aliphatic carboxylic acids is 1. The van der Waals surface area contributed by atoms with Crippen molar-refractivity contribution in [1.82, 2.24) is 24.8 Å². The Morgan fingerprint density at radius 1 is 1.33 bits per heavy atom. The second-order valence-electron chi connectivity index (χ2n) is 4.89. The van der Waals surface area contributed by atoms with Crippen LogP contribution in [0, 0.1) is 0 Å². The highest BCUT2D eigenvalue weighted by Crippen LogP contribution is 2.18. The van der Waals surface area contributed by atoms with Crippen LogP contribution in [0.15, 0.2) is 30.5 Å². The number of para-hydroxylation sites is 1. The predicted octanol–water partition coefficient (Wildman–Crippen LogP) is 1.23. The standard InChI is InChI=1S/C14H15N5O2/c1-18-13-5-3-2-4-11(13)12(16-18)9-19-8-10(15-17-19)6-7-14(20)21/h2-5,8H,6-7,9H2,1H3,(H,20,21). The smallest absolute Gasteiger partial charge is 0.303 e. The zero-order valence-electron chi connectivity index (χ0n) is 11.6. The molecule has 7 heteroatoms. The Hall–Kier alpha value is -2.70. The highest BCUT2D eigenvalue weighted by Gasteiger charge is 2.10. The average Bonchev–Trinajstić information content (AvgIpc) is 3.03. The molecule has 0 spiro atoms. The van der Waals surface area contributed by atoms with Gasteiger partial charge < -0.3 is 5.11 Å². The number of carboxylic acid groups (broad SMARTS) is 1. The maximum atomic E-state index is 10.6. The minimum atomic E-state index is -0.833. The van der Waals surface area contributed by atoms with Crippen molar-refractivity contribution in [3.8, 4) is 0 Å². The van der Waals surface area contributed by atoms with Crippen molar-refractivity contribution in [2.45, 2.75) is 19.4 Å². The molecule has 0 aliphatic carbocycles. The van der Waals surface area contributed by atoms with Crippen molar-refractivity contribution < 1.29 is 9.90 Å². The first-order valence-corrected chi connectivity index (χ1v) is 6.65. The van der Waals surface area contributed by atoms with Gasteiger partial charge >= 0.3 is 5.97 Å². The third-order valence-corrected chi connectivity index (χ3v) is 3.33. The van der Waals surface area contributed by atoms with E-state index in [2.05, 4.69) is 15.4 Å². The van der Waals surface area contributed by atoms with Crippen molar-refractivity contribution >= 4 is 16.9 Å². The van der Waals surface area contributed by atoms with Gasteiger partial charge in [0.2, 0.25) is 0 Å². The Labute approximate surface area is 120 Å². The van der Waals surface area contributed by atoms with Gasteiger partial charge in [-0.05, 0) is 6.07 Å². The maximum Gasteiger partial charge on any atom is 0.303 e. The highest BCUT2D eigenvalue weighted by atomic mass is 16.4. The lowest BCUT2D eigenvalue weighted by molar-refractivity contribution is -0.136. The third-order valence-electron chi connectivity index (χ3n) is 3.33. The van der Waals surface area contributed by atoms with Crippen LogP contribution in [0.25, 0.3) is 10.9 Å². The molecule has 0 bridgehead atoms. The molecular formula is C14H15N5O2. The van der Waals surface area contributed by atoms with Crippen LogP contribution >= 0.6 is 0 Å². The molecular weight excluding hydrogens is 270 g/mol. The number of carbonyl (C=O) groups is 1. The zero-order valence-corrected chi connectivity index (χ0v) is 11.6. The summed E-state index contributed by atoms with van der Waals surface area (Å²) >= 11 is 0. The molecule has 0 aliphatic rings. The highest BCUT2D eigenvalue weighted by molar-refractivity contribution is 5.81. The number of nitrogens with zero attached hydrogens (tertiary/aromatic N) is 5. The van der Waals surface area contributed by atoms with Crippen LogP contribution < -0.4 is 0 Å². The number of benzene rings is 1. The van der Waals surface area contributed by atoms with Crippen LogP contribution in [0.5, 0.6) is 0 Å². The van der Waals surface area contributed by atoms with Gasteiger partial charge in [-0.2, -0.15) is 5.10 Å². The van der Waals surface area contributed by atoms with Crippen molar-refractivity contribution in [2.24, 2.45) is 7.05 Å². The van der Waals surface area contributed by atoms with E-state index in [0.29, 0.717) is 18.7 Å². The number of hydrogen-bond acceptors (Lipinski definition) is 4. The van der Waals surface area contributed by atoms with E-state index in [4.69, 9.17) is 5.11 Å². The van der Waals surface area contributed by atoms with E-state index in [1.165, 1.54) is 0 Å². The van der Waals surface area contributed by atoms with Crippen LogP contribution in [-0.4, -0.2) is 35.9 Å². The molecule has 3 rings (SSSR count). The van der Waals surface area contributed by atoms with E-state index >= 15 is 0 Å². The van der Waals surface area contributed by atoms with Crippen molar-refractivity contribution in [3.63, 3.8) is 0 Å². The zero-order chi connectivity index (χ0) is 14.8. The van der Waals surface area contributed by atoms with Crippen molar-refractivity contribution in [3.05, 3.63) is 41.9 Å². The largest absolute Gasteiger partial charge is 0.481 e. The van der Waals surface area contributed by atoms with E-state index in [0.717, 1.165) is 16.6 Å². The lowest BCUT2D eigenvalue weighted by atomic mass is 10.2. The second-order valence-corrected chi connectivity index (χ2v) is 4.89. The van der Waals surface area contributed by atoms with Gasteiger partial charge in [-0.3, -0.25) is 9.48 Å². The minimum Gasteiger partial charge on any atom is -0.481 e. The summed E-state index contributed by atoms with van der Waals surface area (Å²) in [4.78, 5) is 10.6. The molecule has 1 aromatic carbocycles. The summed E-state index contributed by atoms with van der Waals surface area (Å²) < 4.78 is 3.53. The Bertz CT molecular complexity index is 790. The molecule has 0 saturated heterocycles. The molecule has 0 aliphatic heterocycles. The van der Waals surface area contributed by atoms with Gasteiger partial charge in [-0.25, -0.2) is 4.68 Å². The number of aryl methyl sites for hydroxylation is 2. The average molecular weight is 285 g/mol. The van der Waals surface area contributed by atoms with Crippen LogP contribution in [0.4, 0.5) is 0 Å². The number of aromatic nitrogens is 5. The van der Waals surface area contributed by atoms with Crippen molar-refractivity contribution in [2.75, 3.05) is 0 Å². The molecule has 0 atom stereocenters. The summed E-state index contributed by atoms with van der Waals surface area (Å²) in [5, 5.41) is 22.3. The summed E-state index contributed by atoms with van der Waals surface area (Å²) in [6, 6.07) is 8.01. The van der Waals surface area contributed by atoms with Gasteiger partial charge in [0.1, 0.15) is 0 Å². The number of rotatable bonds is 5. The Morgan fingerprint density at radius 3 is 2.95 bits per heavy atom. The summed E-state index contributed by atoms with van der Waals surface area (Å²) in [5.41, 5.74) is 2.67. The summed E-state index contributed by atoms with van der Waals surface area (Å²) in [6.07, 6.45) is 2.22. The molecule has 0 amide bonds. The first-order chi connectivity index (χ1) is 10.1. The topological polar surface area (TPSA) is 85.8 Å². The minimum absolute atomic E-state index is 0.0607.